The second kappa shape index (κ2) is 4.73. The van der Waals surface area contributed by atoms with Gasteiger partial charge in [-0.15, -0.1) is 0 Å². The number of aliphatic hydroxyl groups is 1. The van der Waals surface area contributed by atoms with Crippen LogP contribution in [0.5, 0.6) is 0 Å². The minimum atomic E-state index is -0.991. The topological polar surface area (TPSA) is 91.7 Å². The molecule has 138 valence electrons. The van der Waals surface area contributed by atoms with Gasteiger partial charge < -0.3 is 10.2 Å². The van der Waals surface area contributed by atoms with Gasteiger partial charge in [0.05, 0.1) is 11.5 Å². The van der Waals surface area contributed by atoms with Crippen LogP contribution in [-0.4, -0.2) is 33.9 Å². The maximum atomic E-state index is 13.1. The summed E-state index contributed by atoms with van der Waals surface area (Å²) in [6.45, 7) is 5.66. The molecule has 2 bridgehead atoms. The SMILES string of the molecule is C[C@]12CC[C@H]3[C@](CC1=O)(C2)[C@@H](O)C[C@@H]1[C@]3(C)C(=O)CC[C@@]1(C)C(=O)O. The first-order valence-electron chi connectivity index (χ1n) is 9.49. The molecule has 4 aliphatic rings. The number of carboxylic acids is 1. The zero-order chi connectivity index (χ0) is 18.4. The second-order valence-electron chi connectivity index (χ2n) is 9.89. The van der Waals surface area contributed by atoms with Gasteiger partial charge in [0.15, 0.2) is 0 Å². The predicted molar refractivity (Wildman–Crippen MR) is 89.7 cm³/mol. The second-order valence-corrected chi connectivity index (χ2v) is 9.89. The van der Waals surface area contributed by atoms with E-state index < -0.39 is 28.3 Å². The Hall–Kier alpha value is -1.23. The molecule has 0 aliphatic heterocycles. The van der Waals surface area contributed by atoms with Crippen molar-refractivity contribution >= 4 is 17.5 Å². The number of hydrogen-bond acceptors (Lipinski definition) is 4. The van der Waals surface area contributed by atoms with E-state index in [2.05, 4.69) is 0 Å². The highest BCUT2D eigenvalue weighted by Crippen LogP contribution is 2.72. The lowest BCUT2D eigenvalue weighted by Crippen LogP contribution is -2.66. The highest BCUT2D eigenvalue weighted by Gasteiger charge is 2.73. The van der Waals surface area contributed by atoms with Gasteiger partial charge in [-0.05, 0) is 50.9 Å². The van der Waals surface area contributed by atoms with E-state index in [1.165, 1.54) is 0 Å². The molecule has 4 rings (SSSR count). The minimum absolute atomic E-state index is 0.0975. The highest BCUT2D eigenvalue weighted by molar-refractivity contribution is 5.92. The maximum Gasteiger partial charge on any atom is 0.309 e. The molecule has 0 saturated heterocycles. The molecule has 0 heterocycles. The Morgan fingerprint density at radius 1 is 1.08 bits per heavy atom. The third-order valence-corrected chi connectivity index (χ3v) is 8.86. The molecule has 4 saturated carbocycles. The lowest BCUT2D eigenvalue weighted by Gasteiger charge is -2.63. The van der Waals surface area contributed by atoms with Crippen molar-refractivity contribution in [3.05, 3.63) is 0 Å². The van der Waals surface area contributed by atoms with Gasteiger partial charge in [-0.3, -0.25) is 14.4 Å². The van der Waals surface area contributed by atoms with Crippen LogP contribution in [0.25, 0.3) is 0 Å². The maximum absolute atomic E-state index is 13.1. The molecular weight excluding hydrogens is 320 g/mol. The zero-order valence-corrected chi connectivity index (χ0v) is 15.3. The van der Waals surface area contributed by atoms with Gasteiger partial charge in [-0.2, -0.15) is 0 Å². The molecule has 0 aromatic carbocycles. The Morgan fingerprint density at radius 3 is 2.40 bits per heavy atom. The van der Waals surface area contributed by atoms with Crippen molar-refractivity contribution in [1.29, 1.82) is 0 Å². The number of aliphatic hydroxyl groups excluding tert-OH is 1. The van der Waals surface area contributed by atoms with Crippen LogP contribution in [0.15, 0.2) is 0 Å². The fraction of sp³-hybridized carbons (Fsp3) is 0.850. The van der Waals surface area contributed by atoms with Crippen LogP contribution in [0.3, 0.4) is 0 Å². The van der Waals surface area contributed by atoms with Gasteiger partial charge in [-0.25, -0.2) is 0 Å². The molecule has 25 heavy (non-hydrogen) atoms. The average molecular weight is 348 g/mol. The van der Waals surface area contributed by atoms with Crippen molar-refractivity contribution < 1.29 is 24.6 Å². The van der Waals surface area contributed by atoms with Crippen LogP contribution in [0.4, 0.5) is 0 Å². The van der Waals surface area contributed by atoms with Gasteiger partial charge in [0, 0.05) is 29.1 Å². The van der Waals surface area contributed by atoms with E-state index in [1.807, 2.05) is 13.8 Å². The summed E-state index contributed by atoms with van der Waals surface area (Å²) in [5.41, 5.74) is -2.67. The van der Waals surface area contributed by atoms with Crippen LogP contribution >= 0.6 is 0 Å². The zero-order valence-electron chi connectivity index (χ0n) is 15.3. The Kier molecular flexibility index (Phi) is 3.25. The third-order valence-electron chi connectivity index (χ3n) is 8.86. The Morgan fingerprint density at radius 2 is 1.76 bits per heavy atom. The first-order valence-corrected chi connectivity index (χ1v) is 9.49. The lowest BCUT2D eigenvalue weighted by molar-refractivity contribution is -0.208. The molecule has 2 N–H and O–H groups in total. The van der Waals surface area contributed by atoms with Crippen LogP contribution in [0.2, 0.25) is 0 Å². The number of rotatable bonds is 1. The normalized spacial score (nSPS) is 54.8. The summed E-state index contributed by atoms with van der Waals surface area (Å²) in [5, 5.41) is 21.0. The Labute approximate surface area is 148 Å². The lowest BCUT2D eigenvalue weighted by atomic mass is 9.39. The van der Waals surface area contributed by atoms with Crippen molar-refractivity contribution in [1.82, 2.24) is 0 Å². The van der Waals surface area contributed by atoms with E-state index in [-0.39, 0.29) is 35.2 Å². The molecule has 7 atom stereocenters. The van der Waals surface area contributed by atoms with Crippen LogP contribution in [-0.2, 0) is 14.4 Å². The van der Waals surface area contributed by atoms with Crippen molar-refractivity contribution in [2.75, 3.05) is 0 Å². The molecule has 5 heteroatoms. The van der Waals surface area contributed by atoms with E-state index in [0.717, 1.165) is 12.8 Å². The molecule has 0 amide bonds. The van der Waals surface area contributed by atoms with Crippen molar-refractivity contribution in [3.63, 3.8) is 0 Å². The Bertz CT molecular complexity index is 686. The number of carboxylic acid groups (broad SMARTS) is 1. The number of ketones is 2. The summed E-state index contributed by atoms with van der Waals surface area (Å²) in [6, 6.07) is 0. The van der Waals surface area contributed by atoms with E-state index in [4.69, 9.17) is 0 Å². The minimum Gasteiger partial charge on any atom is -0.481 e. The number of aliphatic carboxylic acids is 1. The molecule has 5 nitrogen and oxygen atoms in total. The molecular formula is C20H28O5. The van der Waals surface area contributed by atoms with Crippen molar-refractivity contribution in [2.45, 2.75) is 71.8 Å². The summed E-state index contributed by atoms with van der Waals surface area (Å²) in [6.07, 6.45) is 2.68. The Balaban J connectivity index is 1.86. The largest absolute Gasteiger partial charge is 0.481 e. The number of carbonyl (C=O) groups is 3. The van der Waals surface area contributed by atoms with E-state index in [0.29, 0.717) is 25.7 Å². The van der Waals surface area contributed by atoms with Gasteiger partial charge in [-0.1, -0.05) is 13.8 Å². The number of Topliss-reactive ketones (excluding diaryl/α,β-unsaturated/α-hetero) is 2. The smallest absolute Gasteiger partial charge is 0.309 e. The van der Waals surface area contributed by atoms with Crippen molar-refractivity contribution in [2.24, 2.45) is 33.5 Å². The van der Waals surface area contributed by atoms with Gasteiger partial charge >= 0.3 is 5.97 Å². The van der Waals surface area contributed by atoms with Crippen molar-refractivity contribution in [3.8, 4) is 0 Å². The average Bonchev–Trinajstić information content (AvgIpc) is 2.73. The molecule has 4 aliphatic carbocycles. The van der Waals surface area contributed by atoms with Crippen LogP contribution in [0, 0.1) is 33.5 Å². The predicted octanol–water partition coefficient (Wildman–Crippen LogP) is 2.59. The molecule has 0 aromatic heterocycles. The molecule has 0 unspecified atom stereocenters. The van der Waals surface area contributed by atoms with E-state index >= 15 is 0 Å². The quantitative estimate of drug-likeness (QED) is 0.760. The van der Waals surface area contributed by atoms with E-state index in [9.17, 15) is 24.6 Å². The third kappa shape index (κ3) is 1.80. The number of hydrogen-bond donors (Lipinski definition) is 2. The molecule has 0 aromatic rings. The first-order chi connectivity index (χ1) is 11.5. The highest BCUT2D eigenvalue weighted by atomic mass is 16.4. The summed E-state index contributed by atoms with van der Waals surface area (Å²) < 4.78 is 0. The fourth-order valence-corrected chi connectivity index (χ4v) is 7.32. The fourth-order valence-electron chi connectivity index (χ4n) is 7.32. The van der Waals surface area contributed by atoms with Crippen LogP contribution < -0.4 is 0 Å². The summed E-state index contributed by atoms with van der Waals surface area (Å²) in [4.78, 5) is 37.8. The van der Waals surface area contributed by atoms with Gasteiger partial charge in [0.2, 0.25) is 0 Å². The summed E-state index contributed by atoms with van der Waals surface area (Å²) in [7, 11) is 0. The summed E-state index contributed by atoms with van der Waals surface area (Å²) in [5.74, 6) is -0.998. The monoisotopic (exact) mass is 348 g/mol. The molecule has 1 spiro atoms. The van der Waals surface area contributed by atoms with Gasteiger partial charge in [0.25, 0.3) is 0 Å². The summed E-state index contributed by atoms with van der Waals surface area (Å²) >= 11 is 0. The number of fused-ring (bicyclic) bond motifs is 3. The first kappa shape index (κ1) is 17.2. The number of carbonyl (C=O) groups excluding carboxylic acids is 2. The van der Waals surface area contributed by atoms with Crippen LogP contribution in [0.1, 0.15) is 65.7 Å². The molecule has 4 fully saturated rings. The van der Waals surface area contributed by atoms with Gasteiger partial charge in [0.1, 0.15) is 11.6 Å². The standard InChI is InChI=1S/C20H28O5/c1-17-6-4-11-19(3)12(18(2,16(24)25)7-5-13(19)21)8-14(22)20(11,10-17)9-15(17)23/h11-12,14,22H,4-10H2,1-3H3,(H,24,25)/t11-,12+,14+,17-,18-,19-,20+/m1/s1. The van der Waals surface area contributed by atoms with E-state index in [1.54, 1.807) is 6.92 Å². The molecule has 0 radical (unpaired) electrons.